The van der Waals surface area contributed by atoms with Crippen LogP contribution in [0, 0.1) is 16.4 Å². The summed E-state index contributed by atoms with van der Waals surface area (Å²) in [4.78, 5) is 12.0. The van der Waals surface area contributed by atoms with E-state index in [1.807, 2.05) is 19.1 Å². The van der Waals surface area contributed by atoms with Crippen LogP contribution in [0.2, 0.25) is 0 Å². The van der Waals surface area contributed by atoms with Gasteiger partial charge >= 0.3 is 0 Å². The molecule has 1 fully saturated rings. The molecule has 0 spiro atoms. The smallest absolute Gasteiger partial charge is 0.224 e. The fraction of sp³-hybridized carbons (Fsp3) is 0.500. The molecule has 1 aliphatic rings. The van der Waals surface area contributed by atoms with Gasteiger partial charge in [-0.2, -0.15) is 0 Å². The first-order valence-corrected chi connectivity index (χ1v) is 7.50. The van der Waals surface area contributed by atoms with E-state index in [4.69, 9.17) is 0 Å². The molecular formula is C14H20ClIN2O. The fourth-order valence-corrected chi connectivity index (χ4v) is 2.96. The van der Waals surface area contributed by atoms with Crippen molar-refractivity contribution < 1.29 is 4.79 Å². The highest BCUT2D eigenvalue weighted by Gasteiger charge is 2.17. The molecule has 1 saturated heterocycles. The molecule has 0 saturated carbocycles. The normalized spacial score (nSPS) is 15.7. The summed E-state index contributed by atoms with van der Waals surface area (Å²) in [6.45, 7) is 4.11. The van der Waals surface area contributed by atoms with E-state index < -0.39 is 0 Å². The van der Waals surface area contributed by atoms with Crippen molar-refractivity contribution >= 4 is 46.6 Å². The lowest BCUT2D eigenvalue weighted by atomic mass is 9.94. The van der Waals surface area contributed by atoms with Crippen molar-refractivity contribution in [3.63, 3.8) is 0 Å². The molecule has 1 aliphatic heterocycles. The van der Waals surface area contributed by atoms with Crippen LogP contribution in [0.4, 0.5) is 5.69 Å². The molecule has 19 heavy (non-hydrogen) atoms. The molecule has 5 heteroatoms. The Bertz CT molecular complexity index is 433. The van der Waals surface area contributed by atoms with Gasteiger partial charge in [-0.1, -0.05) is 0 Å². The highest BCUT2D eigenvalue weighted by atomic mass is 127. The molecule has 106 valence electrons. The van der Waals surface area contributed by atoms with Gasteiger partial charge in [0.15, 0.2) is 0 Å². The minimum atomic E-state index is 0. The van der Waals surface area contributed by atoms with Crippen LogP contribution in [0.15, 0.2) is 18.2 Å². The second-order valence-electron chi connectivity index (χ2n) is 4.90. The molecule has 1 heterocycles. The van der Waals surface area contributed by atoms with Crippen LogP contribution in [-0.2, 0) is 4.79 Å². The number of anilines is 1. The van der Waals surface area contributed by atoms with Crippen molar-refractivity contribution in [2.24, 2.45) is 5.92 Å². The maximum Gasteiger partial charge on any atom is 0.224 e. The molecule has 2 N–H and O–H groups in total. The zero-order valence-electron chi connectivity index (χ0n) is 11.0. The lowest BCUT2D eigenvalue weighted by molar-refractivity contribution is -0.117. The Balaban J connectivity index is 0.00000180. The molecule has 1 aromatic carbocycles. The topological polar surface area (TPSA) is 41.1 Å². The van der Waals surface area contributed by atoms with Gasteiger partial charge in [-0.05, 0) is 85.1 Å². The number of benzene rings is 1. The van der Waals surface area contributed by atoms with Gasteiger partial charge in [-0.15, -0.1) is 12.4 Å². The van der Waals surface area contributed by atoms with Gasteiger partial charge in [0.05, 0.1) is 0 Å². The highest BCUT2D eigenvalue weighted by Crippen LogP contribution is 2.20. The Labute approximate surface area is 134 Å². The van der Waals surface area contributed by atoms with Gasteiger partial charge in [0.1, 0.15) is 0 Å². The zero-order valence-corrected chi connectivity index (χ0v) is 14.0. The van der Waals surface area contributed by atoms with E-state index in [1.54, 1.807) is 0 Å². The van der Waals surface area contributed by atoms with Crippen molar-refractivity contribution in [3.8, 4) is 0 Å². The lowest BCUT2D eigenvalue weighted by Gasteiger charge is -2.22. The van der Waals surface area contributed by atoms with Crippen LogP contribution >= 0.6 is 35.0 Å². The maximum absolute atomic E-state index is 12.0. The number of piperidine rings is 1. The Hall–Kier alpha value is -0.330. The number of amides is 1. The van der Waals surface area contributed by atoms with E-state index in [0.29, 0.717) is 12.3 Å². The lowest BCUT2D eigenvalue weighted by Crippen LogP contribution is -2.30. The second-order valence-corrected chi connectivity index (χ2v) is 6.15. The van der Waals surface area contributed by atoms with Crippen molar-refractivity contribution in [2.75, 3.05) is 18.4 Å². The minimum Gasteiger partial charge on any atom is -0.326 e. The fourth-order valence-electron chi connectivity index (χ4n) is 2.32. The molecule has 0 bridgehead atoms. The average Bonchev–Trinajstić information content (AvgIpc) is 2.34. The first-order chi connectivity index (χ1) is 8.65. The number of carbonyl (C=O) groups is 1. The molecule has 3 nitrogen and oxygen atoms in total. The van der Waals surface area contributed by atoms with E-state index in [2.05, 4.69) is 39.3 Å². The first kappa shape index (κ1) is 16.7. The number of hydrogen-bond donors (Lipinski definition) is 2. The van der Waals surface area contributed by atoms with Crippen LogP contribution < -0.4 is 10.6 Å². The summed E-state index contributed by atoms with van der Waals surface area (Å²) in [5.41, 5.74) is 2.06. The van der Waals surface area contributed by atoms with E-state index in [-0.39, 0.29) is 18.3 Å². The predicted octanol–water partition coefficient (Wildman–Crippen LogP) is 3.35. The van der Waals surface area contributed by atoms with Crippen LogP contribution in [0.1, 0.15) is 24.8 Å². The Morgan fingerprint density at radius 3 is 2.74 bits per heavy atom. The van der Waals surface area contributed by atoms with Gasteiger partial charge in [0.2, 0.25) is 5.91 Å². The van der Waals surface area contributed by atoms with Crippen molar-refractivity contribution in [3.05, 3.63) is 27.3 Å². The van der Waals surface area contributed by atoms with Gasteiger partial charge in [-0.3, -0.25) is 4.79 Å². The molecule has 0 radical (unpaired) electrons. The monoisotopic (exact) mass is 394 g/mol. The summed E-state index contributed by atoms with van der Waals surface area (Å²) in [5.74, 6) is 0.682. The van der Waals surface area contributed by atoms with Crippen molar-refractivity contribution in [2.45, 2.75) is 26.2 Å². The third kappa shape index (κ3) is 5.28. The number of carbonyl (C=O) groups excluding carboxylic acids is 1. The van der Waals surface area contributed by atoms with Crippen LogP contribution in [-0.4, -0.2) is 19.0 Å². The highest BCUT2D eigenvalue weighted by molar-refractivity contribution is 14.1. The Kier molecular flexibility index (Phi) is 7.10. The van der Waals surface area contributed by atoms with Gasteiger partial charge in [-0.25, -0.2) is 0 Å². The number of nitrogens with one attached hydrogen (secondary N) is 2. The molecule has 0 atom stereocenters. The van der Waals surface area contributed by atoms with Crippen LogP contribution in [0.25, 0.3) is 0 Å². The van der Waals surface area contributed by atoms with Gasteiger partial charge in [0, 0.05) is 15.7 Å². The molecule has 1 aromatic rings. The average molecular weight is 395 g/mol. The third-order valence-corrected chi connectivity index (χ3v) is 4.07. The molecule has 0 unspecified atom stereocenters. The Morgan fingerprint density at radius 2 is 2.11 bits per heavy atom. The molecule has 1 amide bonds. The van der Waals surface area contributed by atoms with Crippen molar-refractivity contribution in [1.29, 1.82) is 0 Å². The number of rotatable bonds is 3. The quantitative estimate of drug-likeness (QED) is 0.772. The SMILES string of the molecule is Cc1cc(I)ccc1NC(=O)CC1CCNCC1.Cl. The van der Waals surface area contributed by atoms with E-state index in [1.165, 1.54) is 3.57 Å². The molecule has 2 rings (SSSR count). The van der Waals surface area contributed by atoms with Gasteiger partial charge < -0.3 is 10.6 Å². The number of aryl methyl sites for hydroxylation is 1. The summed E-state index contributed by atoms with van der Waals surface area (Å²) in [7, 11) is 0. The summed E-state index contributed by atoms with van der Waals surface area (Å²) in [5, 5.41) is 6.34. The van der Waals surface area contributed by atoms with Gasteiger partial charge in [0.25, 0.3) is 0 Å². The molecule has 0 aliphatic carbocycles. The summed E-state index contributed by atoms with van der Waals surface area (Å²) in [6.07, 6.45) is 2.87. The summed E-state index contributed by atoms with van der Waals surface area (Å²) < 4.78 is 1.20. The summed E-state index contributed by atoms with van der Waals surface area (Å²) in [6, 6.07) is 6.09. The molecule has 0 aromatic heterocycles. The first-order valence-electron chi connectivity index (χ1n) is 6.42. The predicted molar refractivity (Wildman–Crippen MR) is 90.0 cm³/mol. The summed E-state index contributed by atoms with van der Waals surface area (Å²) >= 11 is 2.28. The standard InChI is InChI=1S/C14H19IN2O.ClH/c1-10-8-12(15)2-3-13(10)17-14(18)9-11-4-6-16-7-5-11;/h2-3,8,11,16H,4-7,9H2,1H3,(H,17,18);1H. The Morgan fingerprint density at radius 1 is 1.42 bits per heavy atom. The van der Waals surface area contributed by atoms with E-state index in [0.717, 1.165) is 37.2 Å². The van der Waals surface area contributed by atoms with E-state index >= 15 is 0 Å². The minimum absolute atomic E-state index is 0. The van der Waals surface area contributed by atoms with Crippen molar-refractivity contribution in [1.82, 2.24) is 5.32 Å². The largest absolute Gasteiger partial charge is 0.326 e. The zero-order chi connectivity index (χ0) is 13.0. The van der Waals surface area contributed by atoms with Crippen LogP contribution in [0.5, 0.6) is 0 Å². The van der Waals surface area contributed by atoms with E-state index in [9.17, 15) is 4.79 Å². The maximum atomic E-state index is 12.0. The molecular weight excluding hydrogens is 375 g/mol. The second kappa shape index (κ2) is 8.07. The number of hydrogen-bond acceptors (Lipinski definition) is 2. The third-order valence-electron chi connectivity index (χ3n) is 3.40. The number of halogens is 2. The van der Waals surface area contributed by atoms with Crippen LogP contribution in [0.3, 0.4) is 0 Å².